The van der Waals surface area contributed by atoms with Crippen molar-refractivity contribution in [1.29, 1.82) is 0 Å². The van der Waals surface area contributed by atoms with Crippen LogP contribution in [0.5, 0.6) is 0 Å². The molecule has 0 bridgehead atoms. The highest BCUT2D eigenvalue weighted by Gasteiger charge is 2.03. The Morgan fingerprint density at radius 2 is 1.16 bits per heavy atom. The van der Waals surface area contributed by atoms with Crippen LogP contribution in [0.1, 0.15) is 13.3 Å². The molecule has 0 aromatic heterocycles. The summed E-state index contributed by atoms with van der Waals surface area (Å²) in [5, 5.41) is 1.40. The van der Waals surface area contributed by atoms with Gasteiger partial charge in [0.25, 0.3) is 0 Å². The quantitative estimate of drug-likeness (QED) is 0.326. The van der Waals surface area contributed by atoms with E-state index in [9.17, 15) is 0 Å². The fraction of sp³-hybridized carbons (Fsp3) is 0.130. The number of hydrogen-bond donors (Lipinski definition) is 0. The second-order valence-corrected chi connectivity index (χ2v) is 9.59. The SMILES string of the molecule is CC#CCCP(Br)c1ccccc1.c1ccc(-c2ccccc2)cc1. The highest BCUT2D eigenvalue weighted by molar-refractivity contribution is 9.40. The molecule has 0 N–H and O–H groups in total. The molecule has 3 rings (SSSR count). The average Bonchev–Trinajstić information content (AvgIpc) is 2.71. The third kappa shape index (κ3) is 7.27. The molecule has 0 aliphatic heterocycles. The van der Waals surface area contributed by atoms with Gasteiger partial charge in [-0.3, -0.25) is 0 Å². The molecule has 0 amide bonds. The van der Waals surface area contributed by atoms with Crippen LogP contribution < -0.4 is 5.30 Å². The van der Waals surface area contributed by atoms with Gasteiger partial charge in [0.05, 0.1) is 0 Å². The van der Waals surface area contributed by atoms with Crippen LogP contribution >= 0.6 is 22.1 Å². The van der Waals surface area contributed by atoms with E-state index in [1.54, 1.807) is 0 Å². The van der Waals surface area contributed by atoms with Gasteiger partial charge in [0.1, 0.15) is 0 Å². The fourth-order valence-corrected chi connectivity index (χ4v) is 4.56. The molecule has 1 unspecified atom stereocenters. The van der Waals surface area contributed by atoms with Crippen molar-refractivity contribution >= 4 is 27.4 Å². The molecule has 126 valence electrons. The normalized spacial score (nSPS) is 10.6. The average molecular weight is 409 g/mol. The molecule has 0 saturated heterocycles. The van der Waals surface area contributed by atoms with Crippen molar-refractivity contribution in [1.82, 2.24) is 0 Å². The minimum Gasteiger partial charge on any atom is -0.107 e. The van der Waals surface area contributed by atoms with Crippen LogP contribution in [0.2, 0.25) is 0 Å². The van der Waals surface area contributed by atoms with Gasteiger partial charge in [-0.1, -0.05) is 106 Å². The Bertz CT molecular complexity index is 736. The fourth-order valence-electron chi connectivity index (χ4n) is 2.26. The maximum Gasteiger partial charge on any atom is 0.0139 e. The predicted octanol–water partition coefficient (Wildman–Crippen LogP) is 6.87. The third-order valence-corrected chi connectivity index (χ3v) is 7.29. The van der Waals surface area contributed by atoms with Gasteiger partial charge in [-0.25, -0.2) is 0 Å². The van der Waals surface area contributed by atoms with Gasteiger partial charge >= 0.3 is 0 Å². The van der Waals surface area contributed by atoms with Gasteiger partial charge in [0, 0.05) is 6.42 Å². The van der Waals surface area contributed by atoms with Gasteiger partial charge in [-0.15, -0.1) is 11.8 Å². The lowest BCUT2D eigenvalue weighted by Gasteiger charge is -2.07. The van der Waals surface area contributed by atoms with E-state index >= 15 is 0 Å². The first kappa shape index (κ1) is 19.5. The lowest BCUT2D eigenvalue weighted by atomic mass is 10.1. The summed E-state index contributed by atoms with van der Waals surface area (Å²) in [4.78, 5) is 0. The molecule has 3 aromatic carbocycles. The first-order valence-corrected chi connectivity index (χ1v) is 11.8. The monoisotopic (exact) mass is 408 g/mol. The highest BCUT2D eigenvalue weighted by atomic mass is 79.9. The Balaban J connectivity index is 0.000000181. The van der Waals surface area contributed by atoms with E-state index in [4.69, 9.17) is 0 Å². The van der Waals surface area contributed by atoms with Gasteiger partial charge in [-0.05, 0) is 36.1 Å². The summed E-state index contributed by atoms with van der Waals surface area (Å²) in [5.74, 6) is 6.00. The van der Waals surface area contributed by atoms with Crippen molar-refractivity contribution in [2.75, 3.05) is 6.16 Å². The third-order valence-electron chi connectivity index (χ3n) is 3.53. The number of halogens is 1. The Kier molecular flexibility index (Phi) is 9.06. The van der Waals surface area contributed by atoms with Crippen molar-refractivity contribution in [3.05, 3.63) is 91.0 Å². The van der Waals surface area contributed by atoms with Crippen LogP contribution in [0.15, 0.2) is 91.0 Å². The van der Waals surface area contributed by atoms with E-state index in [0.717, 1.165) is 12.6 Å². The van der Waals surface area contributed by atoms with E-state index < -0.39 is 0 Å². The molecule has 0 saturated carbocycles. The minimum atomic E-state index is -0.177. The zero-order valence-electron chi connectivity index (χ0n) is 14.4. The highest BCUT2D eigenvalue weighted by Crippen LogP contribution is 2.43. The Morgan fingerprint density at radius 1 is 0.720 bits per heavy atom. The van der Waals surface area contributed by atoms with Crippen molar-refractivity contribution < 1.29 is 0 Å². The summed E-state index contributed by atoms with van der Waals surface area (Å²) in [7, 11) is 0. The molecule has 1 atom stereocenters. The van der Waals surface area contributed by atoms with E-state index in [-0.39, 0.29) is 6.62 Å². The Labute approximate surface area is 160 Å². The van der Waals surface area contributed by atoms with Crippen LogP contribution in [0.4, 0.5) is 0 Å². The molecule has 0 spiro atoms. The standard InChI is InChI=1S/C12H10.C11H12BrP/c1-3-7-11(8-4-1)12-9-5-2-6-10-12;1-2-3-7-10-13(12)11-8-5-4-6-9-11/h1-10H;4-6,8-9H,7,10H2,1H3. The van der Waals surface area contributed by atoms with Crippen LogP contribution in [0, 0.1) is 11.8 Å². The summed E-state index contributed by atoms with van der Waals surface area (Å²) in [6.07, 6.45) is 2.13. The second kappa shape index (κ2) is 11.6. The largest absolute Gasteiger partial charge is 0.107 e. The smallest absolute Gasteiger partial charge is 0.0139 e. The van der Waals surface area contributed by atoms with E-state index in [2.05, 4.69) is 100 Å². The van der Waals surface area contributed by atoms with Crippen molar-refractivity contribution in [2.24, 2.45) is 0 Å². The summed E-state index contributed by atoms with van der Waals surface area (Å²) in [5.41, 5.74) is 2.55. The van der Waals surface area contributed by atoms with Gasteiger partial charge < -0.3 is 0 Å². The Hall–Kier alpha value is -1.87. The summed E-state index contributed by atoms with van der Waals surface area (Å²) in [6.45, 7) is 1.71. The molecular formula is C23H22BrP. The molecule has 3 aromatic rings. The molecule has 0 heterocycles. The maximum absolute atomic E-state index is 3.71. The van der Waals surface area contributed by atoms with Crippen molar-refractivity contribution in [3.8, 4) is 23.0 Å². The number of hydrogen-bond acceptors (Lipinski definition) is 0. The minimum absolute atomic E-state index is 0.177. The first-order valence-electron chi connectivity index (χ1n) is 8.29. The molecule has 0 fully saturated rings. The first-order chi connectivity index (χ1) is 12.3. The van der Waals surface area contributed by atoms with Crippen LogP contribution in [-0.4, -0.2) is 6.16 Å². The van der Waals surface area contributed by atoms with Crippen molar-refractivity contribution in [3.63, 3.8) is 0 Å². The molecular weight excluding hydrogens is 387 g/mol. The summed E-state index contributed by atoms with van der Waals surface area (Å²) >= 11 is 3.71. The van der Waals surface area contributed by atoms with Crippen molar-refractivity contribution in [2.45, 2.75) is 13.3 Å². The number of benzene rings is 3. The number of rotatable bonds is 4. The zero-order valence-corrected chi connectivity index (χ0v) is 16.9. The van der Waals surface area contributed by atoms with Gasteiger partial charge in [0.2, 0.25) is 0 Å². The lowest BCUT2D eigenvalue weighted by Crippen LogP contribution is -1.97. The lowest BCUT2D eigenvalue weighted by molar-refractivity contribution is 1.29. The molecule has 0 aliphatic rings. The van der Waals surface area contributed by atoms with E-state index in [0.29, 0.717) is 0 Å². The molecule has 25 heavy (non-hydrogen) atoms. The molecule has 2 heteroatoms. The van der Waals surface area contributed by atoms with E-state index in [1.165, 1.54) is 16.4 Å². The molecule has 0 aliphatic carbocycles. The summed E-state index contributed by atoms with van der Waals surface area (Å²) in [6, 6.07) is 31.3. The second-order valence-electron chi connectivity index (χ2n) is 5.33. The predicted molar refractivity (Wildman–Crippen MR) is 117 cm³/mol. The maximum atomic E-state index is 3.71. The van der Waals surface area contributed by atoms with Crippen LogP contribution in [-0.2, 0) is 0 Å². The summed E-state index contributed by atoms with van der Waals surface area (Å²) < 4.78 is 0. The van der Waals surface area contributed by atoms with Gasteiger partial charge in [0.15, 0.2) is 0 Å². The van der Waals surface area contributed by atoms with Crippen LogP contribution in [0.3, 0.4) is 0 Å². The van der Waals surface area contributed by atoms with E-state index in [1.807, 2.05) is 25.1 Å². The topological polar surface area (TPSA) is 0 Å². The Morgan fingerprint density at radius 3 is 1.60 bits per heavy atom. The van der Waals surface area contributed by atoms with Crippen LogP contribution in [0.25, 0.3) is 11.1 Å². The zero-order chi connectivity index (χ0) is 17.7. The van der Waals surface area contributed by atoms with Gasteiger partial charge in [-0.2, -0.15) is 0 Å². The molecule has 0 radical (unpaired) electrons. The molecule has 0 nitrogen and oxygen atoms in total.